The Hall–Kier alpha value is -1.75. The van der Waals surface area contributed by atoms with E-state index in [-0.39, 0.29) is 5.91 Å². The quantitative estimate of drug-likeness (QED) is 0.663. The lowest BCUT2D eigenvalue weighted by atomic mass is 10.2. The predicted octanol–water partition coefficient (Wildman–Crippen LogP) is 1.45. The zero-order chi connectivity index (χ0) is 14.1. The van der Waals surface area contributed by atoms with Crippen molar-refractivity contribution < 1.29 is 14.3 Å². The third-order valence-electron chi connectivity index (χ3n) is 2.63. The molecule has 0 atom stereocenters. The van der Waals surface area contributed by atoms with Crippen LogP contribution < -0.4 is 20.5 Å². The molecule has 0 aliphatic rings. The van der Waals surface area contributed by atoms with Gasteiger partial charge in [0.05, 0.1) is 13.7 Å². The maximum absolute atomic E-state index is 10.6. The molecule has 0 radical (unpaired) electrons. The van der Waals surface area contributed by atoms with E-state index in [4.69, 9.17) is 15.2 Å². The zero-order valence-electron chi connectivity index (χ0n) is 11.6. The molecule has 0 spiro atoms. The molecular weight excluding hydrogens is 244 g/mol. The van der Waals surface area contributed by atoms with Gasteiger partial charge in [0.15, 0.2) is 11.5 Å². The number of carbonyl (C=O) groups is 1. The second-order valence-electron chi connectivity index (χ2n) is 4.16. The highest BCUT2D eigenvalue weighted by Gasteiger charge is 2.05. The number of nitrogens with two attached hydrogens (primary N) is 1. The Morgan fingerprint density at radius 1 is 1.37 bits per heavy atom. The van der Waals surface area contributed by atoms with Gasteiger partial charge in [0.2, 0.25) is 5.91 Å². The van der Waals surface area contributed by atoms with E-state index in [9.17, 15) is 4.79 Å². The highest BCUT2D eigenvalue weighted by atomic mass is 16.5. The van der Waals surface area contributed by atoms with Crippen molar-refractivity contribution in [1.29, 1.82) is 0 Å². The molecule has 1 aromatic carbocycles. The Kier molecular flexibility index (Phi) is 6.74. The molecule has 0 heterocycles. The van der Waals surface area contributed by atoms with Crippen molar-refractivity contribution in [1.82, 2.24) is 5.32 Å². The number of primary amides is 1. The lowest BCUT2D eigenvalue weighted by Crippen LogP contribution is -2.18. The molecule has 1 aromatic rings. The second-order valence-corrected chi connectivity index (χ2v) is 4.16. The summed E-state index contributed by atoms with van der Waals surface area (Å²) < 4.78 is 10.7. The van der Waals surface area contributed by atoms with Crippen LogP contribution in [0.3, 0.4) is 0 Å². The molecule has 0 bridgehead atoms. The van der Waals surface area contributed by atoms with Crippen molar-refractivity contribution in [2.75, 3.05) is 20.3 Å². The Labute approximate surface area is 114 Å². The van der Waals surface area contributed by atoms with Gasteiger partial charge in [0.1, 0.15) is 0 Å². The molecule has 19 heavy (non-hydrogen) atoms. The highest BCUT2D eigenvalue weighted by Crippen LogP contribution is 2.27. The Morgan fingerprint density at radius 3 is 2.79 bits per heavy atom. The van der Waals surface area contributed by atoms with E-state index >= 15 is 0 Å². The molecule has 0 fully saturated rings. The first-order chi connectivity index (χ1) is 9.17. The van der Waals surface area contributed by atoms with Gasteiger partial charge < -0.3 is 20.5 Å². The topological polar surface area (TPSA) is 73.6 Å². The number of hydrogen-bond donors (Lipinski definition) is 2. The first-order valence-corrected chi connectivity index (χ1v) is 6.46. The van der Waals surface area contributed by atoms with Gasteiger partial charge in [-0.2, -0.15) is 0 Å². The molecular formula is C14H22N2O3. The summed E-state index contributed by atoms with van der Waals surface area (Å²) in [6.07, 6.45) is 1.17. The van der Waals surface area contributed by atoms with Crippen LogP contribution in [-0.4, -0.2) is 26.2 Å². The van der Waals surface area contributed by atoms with E-state index in [1.54, 1.807) is 7.11 Å². The van der Waals surface area contributed by atoms with E-state index in [0.29, 0.717) is 13.0 Å². The summed E-state index contributed by atoms with van der Waals surface area (Å²) in [5.74, 6) is 1.23. The summed E-state index contributed by atoms with van der Waals surface area (Å²) in [6.45, 7) is 4.04. The molecule has 0 aromatic heterocycles. The maximum Gasteiger partial charge on any atom is 0.217 e. The number of carbonyl (C=O) groups excluding carboxylic acids is 1. The Bertz CT molecular complexity index is 408. The van der Waals surface area contributed by atoms with Crippen LogP contribution in [0.2, 0.25) is 0 Å². The summed E-state index contributed by atoms with van der Waals surface area (Å²) in [4.78, 5) is 10.6. The van der Waals surface area contributed by atoms with Crippen LogP contribution >= 0.6 is 0 Å². The standard InChI is InChI=1S/C14H22N2O3/c1-3-19-12-7-6-11(9-13(12)18-2)10-16-8-4-5-14(15)17/h6-7,9,16H,3-5,8,10H2,1-2H3,(H2,15,17). The number of benzene rings is 1. The van der Waals surface area contributed by atoms with Crippen LogP contribution in [0.25, 0.3) is 0 Å². The average Bonchev–Trinajstić information content (AvgIpc) is 2.39. The second kappa shape index (κ2) is 8.37. The van der Waals surface area contributed by atoms with Gasteiger partial charge in [-0.3, -0.25) is 4.79 Å². The van der Waals surface area contributed by atoms with Crippen molar-refractivity contribution in [3.8, 4) is 11.5 Å². The van der Waals surface area contributed by atoms with Crippen molar-refractivity contribution >= 4 is 5.91 Å². The summed E-state index contributed by atoms with van der Waals surface area (Å²) in [7, 11) is 1.63. The summed E-state index contributed by atoms with van der Waals surface area (Å²) in [5.41, 5.74) is 6.18. The van der Waals surface area contributed by atoms with Gasteiger partial charge in [-0.25, -0.2) is 0 Å². The van der Waals surface area contributed by atoms with E-state index in [1.165, 1.54) is 0 Å². The number of amides is 1. The van der Waals surface area contributed by atoms with Crippen LogP contribution in [0.1, 0.15) is 25.3 Å². The van der Waals surface area contributed by atoms with E-state index in [0.717, 1.165) is 36.6 Å². The van der Waals surface area contributed by atoms with Crippen LogP contribution in [0.4, 0.5) is 0 Å². The number of hydrogen-bond acceptors (Lipinski definition) is 4. The molecule has 1 rings (SSSR count). The predicted molar refractivity (Wildman–Crippen MR) is 74.3 cm³/mol. The minimum absolute atomic E-state index is 0.260. The minimum Gasteiger partial charge on any atom is -0.493 e. The molecule has 106 valence electrons. The summed E-state index contributed by atoms with van der Waals surface area (Å²) in [5, 5.41) is 3.26. The fourth-order valence-corrected chi connectivity index (χ4v) is 1.72. The van der Waals surface area contributed by atoms with Gasteiger partial charge in [0.25, 0.3) is 0 Å². The van der Waals surface area contributed by atoms with Gasteiger partial charge in [-0.05, 0) is 37.6 Å². The van der Waals surface area contributed by atoms with Gasteiger partial charge in [-0.1, -0.05) is 6.07 Å². The highest BCUT2D eigenvalue weighted by molar-refractivity contribution is 5.73. The van der Waals surface area contributed by atoms with Crippen molar-refractivity contribution in [2.45, 2.75) is 26.3 Å². The summed E-state index contributed by atoms with van der Waals surface area (Å²) >= 11 is 0. The van der Waals surface area contributed by atoms with E-state index in [2.05, 4.69) is 5.32 Å². The average molecular weight is 266 g/mol. The van der Waals surface area contributed by atoms with E-state index < -0.39 is 0 Å². The van der Waals surface area contributed by atoms with Crippen molar-refractivity contribution in [2.24, 2.45) is 5.73 Å². The largest absolute Gasteiger partial charge is 0.493 e. The molecule has 0 saturated heterocycles. The molecule has 0 unspecified atom stereocenters. The van der Waals surface area contributed by atoms with Crippen LogP contribution in [0.15, 0.2) is 18.2 Å². The monoisotopic (exact) mass is 266 g/mol. The molecule has 0 aliphatic heterocycles. The van der Waals surface area contributed by atoms with Gasteiger partial charge in [-0.15, -0.1) is 0 Å². The first-order valence-electron chi connectivity index (χ1n) is 6.46. The van der Waals surface area contributed by atoms with Crippen LogP contribution in [-0.2, 0) is 11.3 Å². The first kappa shape index (κ1) is 15.3. The van der Waals surface area contributed by atoms with Gasteiger partial charge in [0, 0.05) is 13.0 Å². The smallest absolute Gasteiger partial charge is 0.217 e. The molecule has 3 N–H and O–H groups in total. The lowest BCUT2D eigenvalue weighted by Gasteiger charge is -2.11. The Balaban J connectivity index is 2.43. The van der Waals surface area contributed by atoms with Crippen LogP contribution in [0, 0.1) is 0 Å². The maximum atomic E-state index is 10.6. The third kappa shape index (κ3) is 5.61. The normalized spacial score (nSPS) is 10.2. The lowest BCUT2D eigenvalue weighted by molar-refractivity contribution is -0.118. The molecule has 5 nitrogen and oxygen atoms in total. The number of rotatable bonds is 9. The molecule has 1 amide bonds. The van der Waals surface area contributed by atoms with Gasteiger partial charge >= 0.3 is 0 Å². The zero-order valence-corrected chi connectivity index (χ0v) is 11.6. The third-order valence-corrected chi connectivity index (χ3v) is 2.63. The summed E-state index contributed by atoms with van der Waals surface area (Å²) in [6, 6.07) is 5.85. The fraction of sp³-hybridized carbons (Fsp3) is 0.500. The molecule has 0 aliphatic carbocycles. The van der Waals surface area contributed by atoms with Crippen molar-refractivity contribution in [3.05, 3.63) is 23.8 Å². The van der Waals surface area contributed by atoms with Crippen molar-refractivity contribution in [3.63, 3.8) is 0 Å². The fourth-order valence-electron chi connectivity index (χ4n) is 1.72. The van der Waals surface area contributed by atoms with E-state index in [1.807, 2.05) is 25.1 Å². The molecule has 0 saturated carbocycles. The SMILES string of the molecule is CCOc1ccc(CNCCCC(N)=O)cc1OC. The Morgan fingerprint density at radius 2 is 2.16 bits per heavy atom. The molecule has 5 heteroatoms. The number of methoxy groups -OCH3 is 1. The van der Waals surface area contributed by atoms with Crippen LogP contribution in [0.5, 0.6) is 11.5 Å². The number of ether oxygens (including phenoxy) is 2. The number of nitrogens with one attached hydrogen (secondary N) is 1. The minimum atomic E-state index is -0.260.